The summed E-state index contributed by atoms with van der Waals surface area (Å²) in [5.74, 6) is -0.464. The molecule has 0 aliphatic carbocycles. The lowest BCUT2D eigenvalue weighted by molar-refractivity contribution is -0.383. The summed E-state index contributed by atoms with van der Waals surface area (Å²) in [6.45, 7) is 0.542. The summed E-state index contributed by atoms with van der Waals surface area (Å²) >= 11 is 0. The molecule has 0 saturated carbocycles. The SMILES string of the molecule is NC1(C(=O)Nc2ccccc2[N+](=O)[O-])CCOC1. The van der Waals surface area contributed by atoms with Crippen molar-refractivity contribution >= 4 is 17.3 Å². The molecule has 0 aromatic heterocycles. The number of ether oxygens (including phenoxy) is 1. The van der Waals surface area contributed by atoms with Crippen molar-refractivity contribution < 1.29 is 14.5 Å². The van der Waals surface area contributed by atoms with E-state index < -0.39 is 16.4 Å². The Morgan fingerprint density at radius 2 is 2.22 bits per heavy atom. The molecular formula is C11H13N3O4. The number of anilines is 1. The van der Waals surface area contributed by atoms with E-state index in [1.165, 1.54) is 18.2 Å². The molecule has 0 bridgehead atoms. The van der Waals surface area contributed by atoms with E-state index in [4.69, 9.17) is 10.5 Å². The van der Waals surface area contributed by atoms with Crippen LogP contribution in [0.4, 0.5) is 11.4 Å². The van der Waals surface area contributed by atoms with Gasteiger partial charge in [0, 0.05) is 12.7 Å². The quantitative estimate of drug-likeness (QED) is 0.605. The first-order valence-corrected chi connectivity index (χ1v) is 5.44. The first kappa shape index (κ1) is 12.5. The summed E-state index contributed by atoms with van der Waals surface area (Å²) in [5.41, 5.74) is 4.75. The maximum absolute atomic E-state index is 12.0. The van der Waals surface area contributed by atoms with Crippen molar-refractivity contribution in [1.29, 1.82) is 0 Å². The van der Waals surface area contributed by atoms with Gasteiger partial charge in [-0.05, 0) is 12.5 Å². The first-order chi connectivity index (χ1) is 8.53. The Kier molecular flexibility index (Phi) is 3.26. The van der Waals surface area contributed by atoms with Gasteiger partial charge in [0.15, 0.2) is 0 Å². The van der Waals surface area contributed by atoms with E-state index in [2.05, 4.69) is 5.32 Å². The summed E-state index contributed by atoms with van der Waals surface area (Å²) in [6.07, 6.45) is 0.402. The molecule has 1 aliphatic heterocycles. The van der Waals surface area contributed by atoms with Crippen LogP contribution in [0.15, 0.2) is 24.3 Å². The largest absolute Gasteiger partial charge is 0.379 e. The molecule has 1 fully saturated rings. The highest BCUT2D eigenvalue weighted by Gasteiger charge is 2.38. The van der Waals surface area contributed by atoms with E-state index in [0.29, 0.717) is 13.0 Å². The Hall–Kier alpha value is -1.99. The van der Waals surface area contributed by atoms with Crippen molar-refractivity contribution in [3.8, 4) is 0 Å². The maximum atomic E-state index is 12.0. The van der Waals surface area contributed by atoms with Crippen molar-refractivity contribution in [2.24, 2.45) is 5.73 Å². The van der Waals surface area contributed by atoms with Crippen molar-refractivity contribution in [2.45, 2.75) is 12.0 Å². The van der Waals surface area contributed by atoms with Gasteiger partial charge in [-0.25, -0.2) is 0 Å². The van der Waals surface area contributed by atoms with Gasteiger partial charge in [-0.3, -0.25) is 14.9 Å². The number of nitro benzene ring substituents is 1. The number of carbonyl (C=O) groups is 1. The van der Waals surface area contributed by atoms with Crippen LogP contribution >= 0.6 is 0 Å². The predicted octanol–water partition coefficient (Wildman–Crippen LogP) is 0.651. The zero-order chi connectivity index (χ0) is 13.2. The van der Waals surface area contributed by atoms with Crippen LogP contribution in [0.1, 0.15) is 6.42 Å². The molecule has 2 rings (SSSR count). The number of nitrogens with one attached hydrogen (secondary N) is 1. The van der Waals surface area contributed by atoms with Crippen LogP contribution < -0.4 is 11.1 Å². The predicted molar refractivity (Wildman–Crippen MR) is 64.1 cm³/mol. The van der Waals surface area contributed by atoms with Gasteiger partial charge in [0.2, 0.25) is 5.91 Å². The van der Waals surface area contributed by atoms with Gasteiger partial charge in [-0.2, -0.15) is 0 Å². The van der Waals surface area contributed by atoms with Crippen LogP contribution in [-0.2, 0) is 9.53 Å². The smallest absolute Gasteiger partial charge is 0.292 e. The lowest BCUT2D eigenvalue weighted by Crippen LogP contribution is -2.51. The highest BCUT2D eigenvalue weighted by Crippen LogP contribution is 2.25. The topological polar surface area (TPSA) is 107 Å². The van der Waals surface area contributed by atoms with Crippen LogP contribution in [0.5, 0.6) is 0 Å². The van der Waals surface area contributed by atoms with E-state index >= 15 is 0 Å². The lowest BCUT2D eigenvalue weighted by atomic mass is 9.99. The minimum atomic E-state index is -1.11. The van der Waals surface area contributed by atoms with Crippen molar-refractivity contribution in [1.82, 2.24) is 0 Å². The molecule has 0 radical (unpaired) electrons. The van der Waals surface area contributed by atoms with E-state index in [1.54, 1.807) is 6.07 Å². The summed E-state index contributed by atoms with van der Waals surface area (Å²) in [5, 5.41) is 13.3. The maximum Gasteiger partial charge on any atom is 0.292 e. The molecule has 1 saturated heterocycles. The summed E-state index contributed by atoms with van der Waals surface area (Å²) in [4.78, 5) is 22.2. The van der Waals surface area contributed by atoms with E-state index in [1.807, 2.05) is 0 Å². The minimum absolute atomic E-state index is 0.124. The number of hydrogen-bond acceptors (Lipinski definition) is 5. The molecule has 1 heterocycles. The Morgan fingerprint density at radius 1 is 1.50 bits per heavy atom. The zero-order valence-corrected chi connectivity index (χ0v) is 9.59. The number of benzene rings is 1. The number of hydrogen-bond donors (Lipinski definition) is 2. The van der Waals surface area contributed by atoms with Gasteiger partial charge in [0.1, 0.15) is 11.2 Å². The first-order valence-electron chi connectivity index (χ1n) is 5.44. The van der Waals surface area contributed by atoms with E-state index in [-0.39, 0.29) is 18.0 Å². The van der Waals surface area contributed by atoms with Gasteiger partial charge < -0.3 is 15.8 Å². The Bertz CT molecular complexity index is 483. The van der Waals surface area contributed by atoms with Crippen molar-refractivity contribution in [3.05, 3.63) is 34.4 Å². The summed E-state index contributed by atoms with van der Waals surface area (Å²) in [7, 11) is 0. The molecule has 1 amide bonds. The highest BCUT2D eigenvalue weighted by molar-refractivity contribution is 5.99. The summed E-state index contributed by atoms with van der Waals surface area (Å²) < 4.78 is 5.08. The molecule has 1 aromatic rings. The monoisotopic (exact) mass is 251 g/mol. The van der Waals surface area contributed by atoms with Crippen molar-refractivity contribution in [3.63, 3.8) is 0 Å². The third-order valence-electron chi connectivity index (χ3n) is 2.85. The average Bonchev–Trinajstić information content (AvgIpc) is 2.78. The molecular weight excluding hydrogens is 238 g/mol. The number of carbonyl (C=O) groups excluding carboxylic acids is 1. The van der Waals surface area contributed by atoms with Crippen LogP contribution in [0.3, 0.4) is 0 Å². The second-order valence-corrected chi connectivity index (χ2v) is 4.19. The van der Waals surface area contributed by atoms with Gasteiger partial charge in [0.05, 0.1) is 11.5 Å². The van der Waals surface area contributed by atoms with Crippen LogP contribution in [0.25, 0.3) is 0 Å². The Morgan fingerprint density at radius 3 is 2.83 bits per heavy atom. The number of nitro groups is 1. The molecule has 7 nitrogen and oxygen atoms in total. The fourth-order valence-corrected chi connectivity index (χ4v) is 1.75. The average molecular weight is 251 g/mol. The Balaban J connectivity index is 2.19. The van der Waals surface area contributed by atoms with Crippen molar-refractivity contribution in [2.75, 3.05) is 18.5 Å². The van der Waals surface area contributed by atoms with Gasteiger partial charge >= 0.3 is 0 Å². The molecule has 18 heavy (non-hydrogen) atoms. The zero-order valence-electron chi connectivity index (χ0n) is 9.59. The highest BCUT2D eigenvalue weighted by atomic mass is 16.6. The summed E-state index contributed by atoms with van der Waals surface area (Å²) in [6, 6.07) is 5.93. The third kappa shape index (κ3) is 2.31. The van der Waals surface area contributed by atoms with E-state index in [0.717, 1.165) is 0 Å². The number of nitrogens with two attached hydrogens (primary N) is 1. The molecule has 3 N–H and O–H groups in total. The van der Waals surface area contributed by atoms with Gasteiger partial charge in [-0.1, -0.05) is 12.1 Å². The lowest BCUT2D eigenvalue weighted by Gasteiger charge is -2.20. The number of amides is 1. The molecule has 1 aromatic carbocycles. The van der Waals surface area contributed by atoms with Gasteiger partial charge in [-0.15, -0.1) is 0 Å². The molecule has 1 unspecified atom stereocenters. The third-order valence-corrected chi connectivity index (χ3v) is 2.85. The normalized spacial score (nSPS) is 22.7. The number of para-hydroxylation sites is 2. The molecule has 96 valence electrons. The number of rotatable bonds is 3. The van der Waals surface area contributed by atoms with Crippen LogP contribution in [0.2, 0.25) is 0 Å². The fraction of sp³-hybridized carbons (Fsp3) is 0.364. The van der Waals surface area contributed by atoms with E-state index in [9.17, 15) is 14.9 Å². The Labute approximate surface area is 103 Å². The molecule has 1 aliphatic rings. The second-order valence-electron chi connectivity index (χ2n) is 4.19. The molecule has 0 spiro atoms. The second kappa shape index (κ2) is 4.71. The van der Waals surface area contributed by atoms with Crippen LogP contribution in [0, 0.1) is 10.1 Å². The molecule has 1 atom stereocenters. The van der Waals surface area contributed by atoms with Gasteiger partial charge in [0.25, 0.3) is 5.69 Å². The minimum Gasteiger partial charge on any atom is -0.379 e. The van der Waals surface area contributed by atoms with Crippen LogP contribution in [-0.4, -0.2) is 29.6 Å². The molecule has 7 heteroatoms. The fourth-order valence-electron chi connectivity index (χ4n) is 1.75. The standard InChI is InChI=1S/C11H13N3O4/c12-11(5-6-18-7-11)10(15)13-8-3-1-2-4-9(8)14(16)17/h1-4H,5-7,12H2,(H,13,15). The number of nitrogens with zero attached hydrogens (tertiary/aromatic N) is 1.